The van der Waals surface area contributed by atoms with E-state index in [-0.39, 0.29) is 17.2 Å². The second-order valence-corrected chi connectivity index (χ2v) is 5.86. The smallest absolute Gasteiger partial charge is 0.388 e. The van der Waals surface area contributed by atoms with Crippen molar-refractivity contribution in [2.45, 2.75) is 6.18 Å². The minimum atomic E-state index is -4.45. The van der Waals surface area contributed by atoms with Gasteiger partial charge in [0.15, 0.2) is 5.82 Å². The SMILES string of the molecule is CNc1cc(-c2ccc(NC(=O)c3cscn3)nn2)ccc1C(F)(F)F. The molecule has 2 aromatic heterocycles. The zero-order chi connectivity index (χ0) is 18.7. The Morgan fingerprint density at radius 2 is 1.96 bits per heavy atom. The number of thiazole rings is 1. The molecule has 2 heterocycles. The fourth-order valence-electron chi connectivity index (χ4n) is 2.22. The van der Waals surface area contributed by atoms with Crippen molar-refractivity contribution >= 4 is 28.7 Å². The van der Waals surface area contributed by atoms with E-state index in [9.17, 15) is 18.0 Å². The van der Waals surface area contributed by atoms with Gasteiger partial charge in [-0.25, -0.2) is 4.98 Å². The molecule has 0 saturated heterocycles. The number of alkyl halides is 3. The Labute approximate surface area is 150 Å². The summed E-state index contributed by atoms with van der Waals surface area (Å²) in [4.78, 5) is 15.8. The van der Waals surface area contributed by atoms with Gasteiger partial charge in [0.2, 0.25) is 0 Å². The summed E-state index contributed by atoms with van der Waals surface area (Å²) in [5.74, 6) is -0.201. The molecule has 0 aliphatic carbocycles. The summed E-state index contributed by atoms with van der Waals surface area (Å²) in [5, 5.41) is 14.5. The Bertz CT molecular complexity index is 911. The van der Waals surface area contributed by atoms with E-state index in [0.29, 0.717) is 11.3 Å². The summed E-state index contributed by atoms with van der Waals surface area (Å²) in [7, 11) is 1.41. The number of anilines is 2. The molecule has 0 fully saturated rings. The van der Waals surface area contributed by atoms with E-state index in [1.54, 1.807) is 11.4 Å². The van der Waals surface area contributed by atoms with Crippen molar-refractivity contribution in [3.63, 3.8) is 0 Å². The van der Waals surface area contributed by atoms with Crippen molar-refractivity contribution in [2.24, 2.45) is 0 Å². The molecule has 1 amide bonds. The molecule has 26 heavy (non-hydrogen) atoms. The second-order valence-electron chi connectivity index (χ2n) is 5.14. The van der Waals surface area contributed by atoms with Crippen molar-refractivity contribution in [2.75, 3.05) is 17.7 Å². The van der Waals surface area contributed by atoms with Crippen LogP contribution in [-0.2, 0) is 6.18 Å². The van der Waals surface area contributed by atoms with Crippen LogP contribution in [-0.4, -0.2) is 28.1 Å². The first-order valence-electron chi connectivity index (χ1n) is 7.31. The zero-order valence-electron chi connectivity index (χ0n) is 13.3. The lowest BCUT2D eigenvalue weighted by atomic mass is 10.1. The topological polar surface area (TPSA) is 79.8 Å². The highest BCUT2D eigenvalue weighted by atomic mass is 32.1. The molecule has 6 nitrogen and oxygen atoms in total. The highest BCUT2D eigenvalue weighted by Gasteiger charge is 2.33. The van der Waals surface area contributed by atoms with Gasteiger partial charge >= 0.3 is 6.18 Å². The lowest BCUT2D eigenvalue weighted by molar-refractivity contribution is -0.136. The quantitative estimate of drug-likeness (QED) is 0.718. The molecule has 10 heteroatoms. The Morgan fingerprint density at radius 1 is 1.15 bits per heavy atom. The molecule has 3 aromatic rings. The maximum Gasteiger partial charge on any atom is 0.418 e. The highest BCUT2D eigenvalue weighted by Crippen LogP contribution is 2.36. The number of halogens is 3. The minimum Gasteiger partial charge on any atom is -0.388 e. The molecule has 0 radical (unpaired) electrons. The van der Waals surface area contributed by atoms with Crippen molar-refractivity contribution in [1.29, 1.82) is 0 Å². The summed E-state index contributed by atoms with van der Waals surface area (Å²) in [6.07, 6.45) is -4.45. The number of hydrogen-bond donors (Lipinski definition) is 2. The number of carbonyl (C=O) groups excluding carboxylic acids is 1. The molecule has 0 aliphatic rings. The van der Waals surface area contributed by atoms with Gasteiger partial charge in [-0.05, 0) is 24.3 Å². The number of hydrogen-bond acceptors (Lipinski definition) is 6. The van der Waals surface area contributed by atoms with E-state index < -0.39 is 17.6 Å². The van der Waals surface area contributed by atoms with Crippen LogP contribution in [0.15, 0.2) is 41.2 Å². The van der Waals surface area contributed by atoms with E-state index in [2.05, 4.69) is 25.8 Å². The van der Waals surface area contributed by atoms with Gasteiger partial charge in [0.25, 0.3) is 5.91 Å². The third kappa shape index (κ3) is 3.80. The van der Waals surface area contributed by atoms with Crippen molar-refractivity contribution in [1.82, 2.24) is 15.2 Å². The average molecular weight is 379 g/mol. The Hall–Kier alpha value is -3.01. The molecule has 0 unspecified atom stereocenters. The Kier molecular flexibility index (Phi) is 4.85. The number of nitrogens with one attached hydrogen (secondary N) is 2. The number of aromatic nitrogens is 3. The summed E-state index contributed by atoms with van der Waals surface area (Å²) in [6, 6.07) is 6.73. The van der Waals surface area contributed by atoms with Crippen LogP contribution in [0.5, 0.6) is 0 Å². The molecule has 0 saturated carbocycles. The maximum atomic E-state index is 12.9. The van der Waals surface area contributed by atoms with E-state index in [0.717, 1.165) is 6.07 Å². The standard InChI is InChI=1S/C16H12F3N5OS/c1-20-12-6-9(2-3-10(12)16(17,18)19)11-4-5-14(24-23-11)22-15(25)13-7-26-8-21-13/h2-8,20H,1H3,(H,22,24,25). The lowest BCUT2D eigenvalue weighted by Gasteiger charge is -2.13. The maximum absolute atomic E-state index is 12.9. The van der Waals surface area contributed by atoms with E-state index in [1.807, 2.05) is 0 Å². The fourth-order valence-corrected chi connectivity index (χ4v) is 2.75. The largest absolute Gasteiger partial charge is 0.418 e. The molecule has 0 aliphatic heterocycles. The molecule has 0 spiro atoms. The lowest BCUT2D eigenvalue weighted by Crippen LogP contribution is -2.13. The van der Waals surface area contributed by atoms with Crippen LogP contribution >= 0.6 is 11.3 Å². The normalized spacial score (nSPS) is 11.2. The van der Waals surface area contributed by atoms with Gasteiger partial charge in [-0.2, -0.15) is 13.2 Å². The molecule has 0 bridgehead atoms. The Morgan fingerprint density at radius 3 is 2.54 bits per heavy atom. The van der Waals surface area contributed by atoms with Gasteiger partial charge in [-0.3, -0.25) is 4.79 Å². The van der Waals surface area contributed by atoms with Crippen LogP contribution < -0.4 is 10.6 Å². The molecular formula is C16H12F3N5OS. The predicted octanol–water partition coefficient (Wildman–Crippen LogP) is 3.91. The van der Waals surface area contributed by atoms with Crippen LogP contribution in [0.4, 0.5) is 24.7 Å². The van der Waals surface area contributed by atoms with Crippen LogP contribution in [0.25, 0.3) is 11.3 Å². The summed E-state index contributed by atoms with van der Waals surface area (Å²) < 4.78 is 38.8. The molecular weight excluding hydrogens is 367 g/mol. The third-order valence-corrected chi connectivity index (χ3v) is 4.05. The first-order valence-corrected chi connectivity index (χ1v) is 8.25. The number of carbonyl (C=O) groups is 1. The van der Waals surface area contributed by atoms with Crippen molar-refractivity contribution in [3.05, 3.63) is 52.5 Å². The average Bonchev–Trinajstić information content (AvgIpc) is 3.16. The number of nitrogens with zero attached hydrogens (tertiary/aromatic N) is 3. The van der Waals surface area contributed by atoms with Crippen LogP contribution in [0.3, 0.4) is 0 Å². The van der Waals surface area contributed by atoms with Gasteiger partial charge in [-0.1, -0.05) is 6.07 Å². The Balaban J connectivity index is 1.81. The van der Waals surface area contributed by atoms with Crippen LogP contribution in [0.2, 0.25) is 0 Å². The molecule has 3 rings (SSSR count). The van der Waals surface area contributed by atoms with E-state index in [4.69, 9.17) is 0 Å². The zero-order valence-corrected chi connectivity index (χ0v) is 14.1. The minimum absolute atomic E-state index is 0.0577. The number of benzene rings is 1. The molecule has 2 N–H and O–H groups in total. The first-order chi connectivity index (χ1) is 12.4. The third-order valence-electron chi connectivity index (χ3n) is 3.46. The predicted molar refractivity (Wildman–Crippen MR) is 92.1 cm³/mol. The summed E-state index contributed by atoms with van der Waals surface area (Å²) >= 11 is 1.29. The molecule has 0 atom stereocenters. The second kappa shape index (κ2) is 7.08. The first kappa shape index (κ1) is 17.8. The number of amides is 1. The van der Waals surface area contributed by atoms with Gasteiger partial charge in [0.1, 0.15) is 5.69 Å². The molecule has 1 aromatic carbocycles. The van der Waals surface area contributed by atoms with E-state index >= 15 is 0 Å². The summed E-state index contributed by atoms with van der Waals surface area (Å²) in [6.45, 7) is 0. The van der Waals surface area contributed by atoms with Crippen LogP contribution in [0.1, 0.15) is 16.1 Å². The van der Waals surface area contributed by atoms with Gasteiger partial charge in [0, 0.05) is 23.7 Å². The van der Waals surface area contributed by atoms with Gasteiger partial charge < -0.3 is 10.6 Å². The summed E-state index contributed by atoms with van der Waals surface area (Å²) in [5.41, 5.74) is 1.83. The van der Waals surface area contributed by atoms with Crippen molar-refractivity contribution < 1.29 is 18.0 Å². The van der Waals surface area contributed by atoms with Gasteiger partial charge in [0.05, 0.1) is 16.8 Å². The highest BCUT2D eigenvalue weighted by molar-refractivity contribution is 7.07. The fraction of sp³-hybridized carbons (Fsp3) is 0.125. The van der Waals surface area contributed by atoms with Crippen molar-refractivity contribution in [3.8, 4) is 11.3 Å². The van der Waals surface area contributed by atoms with Crippen LogP contribution in [0, 0.1) is 0 Å². The monoisotopic (exact) mass is 379 g/mol. The van der Waals surface area contributed by atoms with Gasteiger partial charge in [-0.15, -0.1) is 21.5 Å². The number of rotatable bonds is 4. The van der Waals surface area contributed by atoms with E-state index in [1.165, 1.54) is 42.1 Å². The molecule has 134 valence electrons.